The van der Waals surface area contributed by atoms with Gasteiger partial charge >= 0.3 is 5.97 Å². The summed E-state index contributed by atoms with van der Waals surface area (Å²) in [5.41, 5.74) is 2.03. The summed E-state index contributed by atoms with van der Waals surface area (Å²) < 4.78 is 6.24. The standard InChI is InChI=1S/C17H13ClN2O3/c1-23-17(22)12-7-8-14-13(9-12)19-15(18)16(21)20(14)10-11-5-3-2-4-6-11/h2-9H,10H2,1H3. The molecule has 0 N–H and O–H groups in total. The quantitative estimate of drug-likeness (QED) is 0.694. The molecular weight excluding hydrogens is 316 g/mol. The Kier molecular flexibility index (Phi) is 4.12. The van der Waals surface area contributed by atoms with E-state index in [1.807, 2.05) is 30.3 Å². The van der Waals surface area contributed by atoms with Crippen LogP contribution in [0, 0.1) is 0 Å². The van der Waals surface area contributed by atoms with E-state index in [-0.39, 0.29) is 10.7 Å². The second kappa shape index (κ2) is 6.22. The number of rotatable bonds is 3. The fourth-order valence-corrected chi connectivity index (χ4v) is 2.58. The van der Waals surface area contributed by atoms with Crippen molar-refractivity contribution in [1.82, 2.24) is 9.55 Å². The van der Waals surface area contributed by atoms with Crippen molar-refractivity contribution < 1.29 is 9.53 Å². The van der Waals surface area contributed by atoms with E-state index >= 15 is 0 Å². The van der Waals surface area contributed by atoms with Crippen molar-refractivity contribution in [2.24, 2.45) is 0 Å². The maximum absolute atomic E-state index is 12.3. The van der Waals surface area contributed by atoms with Crippen LogP contribution in [0.2, 0.25) is 5.15 Å². The molecule has 0 unspecified atom stereocenters. The highest BCUT2D eigenvalue weighted by Crippen LogP contribution is 2.17. The molecule has 0 atom stereocenters. The van der Waals surface area contributed by atoms with Gasteiger partial charge in [0.05, 0.1) is 30.3 Å². The van der Waals surface area contributed by atoms with E-state index in [9.17, 15) is 9.59 Å². The molecule has 0 aliphatic carbocycles. The second-order valence-corrected chi connectivity index (χ2v) is 5.33. The molecule has 0 saturated heterocycles. The van der Waals surface area contributed by atoms with Crippen LogP contribution in [0.25, 0.3) is 11.0 Å². The predicted octanol–water partition coefficient (Wildman–Crippen LogP) is 2.88. The summed E-state index contributed by atoms with van der Waals surface area (Å²) in [6.45, 7) is 0.371. The molecule has 0 aliphatic heterocycles. The van der Waals surface area contributed by atoms with Crippen LogP contribution in [0.4, 0.5) is 0 Å². The molecule has 0 saturated carbocycles. The highest BCUT2D eigenvalue weighted by Gasteiger charge is 2.13. The van der Waals surface area contributed by atoms with Crippen molar-refractivity contribution in [1.29, 1.82) is 0 Å². The third-order valence-corrected chi connectivity index (χ3v) is 3.76. The van der Waals surface area contributed by atoms with Gasteiger partial charge < -0.3 is 4.74 Å². The highest BCUT2D eigenvalue weighted by atomic mass is 35.5. The molecular formula is C17H13ClN2O3. The van der Waals surface area contributed by atoms with Gasteiger partial charge in [0, 0.05) is 0 Å². The molecule has 116 valence electrons. The Balaban J connectivity index is 2.18. The summed E-state index contributed by atoms with van der Waals surface area (Å²) in [6.07, 6.45) is 0. The Labute approximate surface area is 137 Å². The summed E-state index contributed by atoms with van der Waals surface area (Å²) in [6, 6.07) is 14.4. The summed E-state index contributed by atoms with van der Waals surface area (Å²) in [5, 5.41) is -0.129. The molecule has 23 heavy (non-hydrogen) atoms. The number of aromatic nitrogens is 2. The molecule has 5 nitrogen and oxygen atoms in total. The number of hydrogen-bond acceptors (Lipinski definition) is 4. The highest BCUT2D eigenvalue weighted by molar-refractivity contribution is 6.29. The molecule has 1 aromatic heterocycles. The zero-order valence-corrected chi connectivity index (χ0v) is 13.1. The molecule has 0 fully saturated rings. The Morgan fingerprint density at radius 3 is 2.65 bits per heavy atom. The number of fused-ring (bicyclic) bond motifs is 1. The number of carbonyl (C=O) groups is 1. The third kappa shape index (κ3) is 2.96. The molecule has 6 heteroatoms. The van der Waals surface area contributed by atoms with Gasteiger partial charge in [-0.05, 0) is 23.8 Å². The van der Waals surface area contributed by atoms with Crippen LogP contribution < -0.4 is 5.56 Å². The number of hydrogen-bond donors (Lipinski definition) is 0. The van der Waals surface area contributed by atoms with Crippen molar-refractivity contribution in [3.8, 4) is 0 Å². The van der Waals surface area contributed by atoms with Crippen molar-refractivity contribution >= 4 is 28.6 Å². The van der Waals surface area contributed by atoms with Crippen molar-refractivity contribution in [3.63, 3.8) is 0 Å². The summed E-state index contributed by atoms with van der Waals surface area (Å²) in [5.74, 6) is -0.467. The van der Waals surface area contributed by atoms with Crippen molar-refractivity contribution in [2.75, 3.05) is 7.11 Å². The minimum absolute atomic E-state index is 0.129. The van der Waals surface area contributed by atoms with Gasteiger partial charge in [-0.25, -0.2) is 9.78 Å². The van der Waals surface area contributed by atoms with Crippen LogP contribution in [0.15, 0.2) is 53.3 Å². The van der Waals surface area contributed by atoms with Gasteiger partial charge in [0.2, 0.25) is 0 Å². The first-order valence-corrected chi connectivity index (χ1v) is 7.30. The number of ether oxygens (including phenoxy) is 1. The molecule has 3 rings (SSSR count). The number of carbonyl (C=O) groups excluding carboxylic acids is 1. The lowest BCUT2D eigenvalue weighted by molar-refractivity contribution is 0.0601. The van der Waals surface area contributed by atoms with E-state index < -0.39 is 5.97 Å². The second-order valence-electron chi connectivity index (χ2n) is 4.97. The van der Waals surface area contributed by atoms with Crippen LogP contribution in [0.1, 0.15) is 15.9 Å². The maximum Gasteiger partial charge on any atom is 0.337 e. The molecule has 2 aromatic carbocycles. The monoisotopic (exact) mass is 328 g/mol. The third-order valence-electron chi connectivity index (χ3n) is 3.51. The SMILES string of the molecule is COC(=O)c1ccc2c(c1)nc(Cl)c(=O)n2Cc1ccccc1. The normalized spacial score (nSPS) is 10.7. The number of benzene rings is 2. The lowest BCUT2D eigenvalue weighted by Gasteiger charge is -2.11. The Bertz CT molecular complexity index is 936. The molecule has 0 spiro atoms. The average Bonchev–Trinajstić information content (AvgIpc) is 2.58. The van der Waals surface area contributed by atoms with E-state index in [1.165, 1.54) is 7.11 Å². The maximum atomic E-state index is 12.3. The van der Waals surface area contributed by atoms with Crippen LogP contribution in [0.3, 0.4) is 0 Å². The first kappa shape index (κ1) is 15.2. The van der Waals surface area contributed by atoms with Gasteiger partial charge in [0.1, 0.15) is 0 Å². The summed E-state index contributed by atoms with van der Waals surface area (Å²) in [7, 11) is 1.31. The van der Waals surface area contributed by atoms with E-state index in [0.717, 1.165) is 5.56 Å². The minimum Gasteiger partial charge on any atom is -0.465 e. The first-order valence-electron chi connectivity index (χ1n) is 6.92. The van der Waals surface area contributed by atoms with E-state index in [4.69, 9.17) is 16.3 Å². The zero-order valence-electron chi connectivity index (χ0n) is 12.3. The van der Waals surface area contributed by atoms with E-state index in [1.54, 1.807) is 22.8 Å². The Morgan fingerprint density at radius 1 is 1.22 bits per heavy atom. The van der Waals surface area contributed by atoms with Crippen LogP contribution in [-0.4, -0.2) is 22.6 Å². The van der Waals surface area contributed by atoms with Gasteiger partial charge in [0.25, 0.3) is 5.56 Å². The number of esters is 1. The number of halogens is 1. The molecule has 0 aliphatic rings. The van der Waals surface area contributed by atoms with Crippen LogP contribution in [-0.2, 0) is 11.3 Å². The zero-order chi connectivity index (χ0) is 16.4. The van der Waals surface area contributed by atoms with Gasteiger partial charge in [-0.2, -0.15) is 0 Å². The fraction of sp³-hybridized carbons (Fsp3) is 0.118. The van der Waals surface area contributed by atoms with E-state index in [0.29, 0.717) is 23.1 Å². The molecule has 0 radical (unpaired) electrons. The average molecular weight is 329 g/mol. The van der Waals surface area contributed by atoms with Gasteiger partial charge in [-0.3, -0.25) is 9.36 Å². The first-order chi connectivity index (χ1) is 11.1. The fourth-order valence-electron chi connectivity index (χ4n) is 2.38. The Hall–Kier alpha value is -2.66. The van der Waals surface area contributed by atoms with Gasteiger partial charge in [0.15, 0.2) is 5.15 Å². The number of nitrogens with zero attached hydrogens (tertiary/aromatic N) is 2. The summed E-state index contributed by atoms with van der Waals surface area (Å²) >= 11 is 5.96. The minimum atomic E-state index is -0.467. The molecule has 0 bridgehead atoms. The largest absolute Gasteiger partial charge is 0.465 e. The molecule has 1 heterocycles. The molecule has 3 aromatic rings. The smallest absolute Gasteiger partial charge is 0.337 e. The topological polar surface area (TPSA) is 61.2 Å². The van der Waals surface area contributed by atoms with Gasteiger partial charge in [-0.1, -0.05) is 41.9 Å². The molecule has 0 amide bonds. The van der Waals surface area contributed by atoms with E-state index in [2.05, 4.69) is 4.98 Å². The number of methoxy groups -OCH3 is 1. The van der Waals surface area contributed by atoms with Crippen LogP contribution >= 0.6 is 11.6 Å². The lowest BCUT2D eigenvalue weighted by atomic mass is 10.1. The van der Waals surface area contributed by atoms with Gasteiger partial charge in [-0.15, -0.1) is 0 Å². The van der Waals surface area contributed by atoms with Crippen molar-refractivity contribution in [3.05, 3.63) is 75.2 Å². The van der Waals surface area contributed by atoms with Crippen LogP contribution in [0.5, 0.6) is 0 Å². The predicted molar refractivity (Wildman–Crippen MR) is 87.9 cm³/mol. The summed E-state index contributed by atoms with van der Waals surface area (Å²) in [4.78, 5) is 28.1. The Morgan fingerprint density at radius 2 is 1.96 bits per heavy atom. The lowest BCUT2D eigenvalue weighted by Crippen LogP contribution is -2.23. The van der Waals surface area contributed by atoms with Crippen molar-refractivity contribution in [2.45, 2.75) is 6.54 Å².